The standard InChI is InChI=1S/C19H20S2/c1-19(2,3)21-20-13-18-16-10-6-4-8-14(16)12-15-9-5-7-11-17(15)18/h4-12H,13H2,1-3H3. The van der Waals surface area contributed by atoms with Crippen LogP contribution in [0.1, 0.15) is 26.3 Å². The monoisotopic (exact) mass is 312 g/mol. The maximum atomic E-state index is 2.30. The smallest absolute Gasteiger partial charge is 0.0301 e. The van der Waals surface area contributed by atoms with E-state index in [9.17, 15) is 0 Å². The lowest BCUT2D eigenvalue weighted by molar-refractivity contribution is 0.810. The molecule has 108 valence electrons. The normalized spacial score (nSPS) is 12.1. The summed E-state index contributed by atoms with van der Waals surface area (Å²) in [6.07, 6.45) is 0. The lowest BCUT2D eigenvalue weighted by atomic mass is 9.98. The van der Waals surface area contributed by atoms with E-state index in [1.807, 2.05) is 21.6 Å². The van der Waals surface area contributed by atoms with Crippen LogP contribution in [0, 0.1) is 0 Å². The molecular weight excluding hydrogens is 292 g/mol. The second-order valence-corrected chi connectivity index (χ2v) is 9.38. The molecule has 0 aliphatic rings. The van der Waals surface area contributed by atoms with E-state index >= 15 is 0 Å². The van der Waals surface area contributed by atoms with Crippen LogP contribution in [0.15, 0.2) is 54.6 Å². The molecule has 0 aliphatic carbocycles. The molecule has 0 fully saturated rings. The summed E-state index contributed by atoms with van der Waals surface area (Å²) in [5, 5.41) is 5.46. The molecule has 0 amide bonds. The Morgan fingerprint density at radius 1 is 0.810 bits per heavy atom. The fraction of sp³-hybridized carbons (Fsp3) is 0.263. The van der Waals surface area contributed by atoms with Crippen LogP contribution in [-0.4, -0.2) is 4.75 Å². The molecule has 0 saturated heterocycles. The highest BCUT2D eigenvalue weighted by molar-refractivity contribution is 8.76. The van der Waals surface area contributed by atoms with Gasteiger partial charge in [0.15, 0.2) is 0 Å². The molecule has 0 saturated carbocycles. The summed E-state index contributed by atoms with van der Waals surface area (Å²) < 4.78 is 0.297. The number of benzene rings is 3. The summed E-state index contributed by atoms with van der Waals surface area (Å²) in [7, 11) is 3.92. The van der Waals surface area contributed by atoms with E-state index in [0.29, 0.717) is 4.75 Å². The van der Waals surface area contributed by atoms with Crippen LogP contribution in [0.2, 0.25) is 0 Å². The summed E-state index contributed by atoms with van der Waals surface area (Å²) in [6.45, 7) is 6.81. The molecule has 2 heteroatoms. The van der Waals surface area contributed by atoms with Crippen LogP contribution in [-0.2, 0) is 5.75 Å². The van der Waals surface area contributed by atoms with Gasteiger partial charge >= 0.3 is 0 Å². The van der Waals surface area contributed by atoms with Gasteiger partial charge < -0.3 is 0 Å². The molecular formula is C19H20S2. The Kier molecular flexibility index (Phi) is 4.19. The first kappa shape index (κ1) is 14.8. The Bertz CT molecular complexity index is 715. The SMILES string of the molecule is CC(C)(C)SSCc1c2ccccc2cc2ccccc12. The summed E-state index contributed by atoms with van der Waals surface area (Å²) in [4.78, 5) is 0. The summed E-state index contributed by atoms with van der Waals surface area (Å²) in [6, 6.07) is 19.8. The average Bonchev–Trinajstić information content (AvgIpc) is 2.45. The van der Waals surface area contributed by atoms with Crippen molar-refractivity contribution in [3.8, 4) is 0 Å². The topological polar surface area (TPSA) is 0 Å². The Morgan fingerprint density at radius 3 is 1.86 bits per heavy atom. The lowest BCUT2D eigenvalue weighted by Crippen LogP contribution is -2.04. The minimum absolute atomic E-state index is 0.297. The number of hydrogen-bond acceptors (Lipinski definition) is 2. The minimum Gasteiger partial charge on any atom is -0.0888 e. The molecule has 3 aromatic carbocycles. The van der Waals surface area contributed by atoms with Crippen molar-refractivity contribution in [2.45, 2.75) is 31.3 Å². The largest absolute Gasteiger partial charge is 0.0888 e. The van der Waals surface area contributed by atoms with E-state index < -0.39 is 0 Å². The predicted octanol–water partition coefficient (Wildman–Crippen LogP) is 6.67. The third-order valence-corrected chi connectivity index (χ3v) is 6.63. The zero-order valence-electron chi connectivity index (χ0n) is 12.7. The first-order chi connectivity index (χ1) is 10.0. The highest BCUT2D eigenvalue weighted by atomic mass is 33.1. The van der Waals surface area contributed by atoms with Gasteiger partial charge in [-0.15, -0.1) is 0 Å². The molecule has 0 aliphatic heterocycles. The second-order valence-electron chi connectivity index (χ2n) is 6.26. The Morgan fingerprint density at radius 2 is 1.33 bits per heavy atom. The Balaban J connectivity index is 2.07. The molecule has 0 radical (unpaired) electrons. The number of rotatable bonds is 3. The van der Waals surface area contributed by atoms with Crippen molar-refractivity contribution in [3.05, 3.63) is 60.2 Å². The van der Waals surface area contributed by atoms with Crippen LogP contribution in [0.5, 0.6) is 0 Å². The van der Waals surface area contributed by atoms with E-state index in [0.717, 1.165) is 5.75 Å². The molecule has 3 rings (SSSR count). The van der Waals surface area contributed by atoms with Crippen LogP contribution in [0.4, 0.5) is 0 Å². The Labute approximate surface area is 134 Å². The van der Waals surface area contributed by atoms with E-state index in [1.165, 1.54) is 27.1 Å². The quantitative estimate of drug-likeness (QED) is 0.391. The average molecular weight is 313 g/mol. The Hall–Kier alpha value is -1.12. The second kappa shape index (κ2) is 5.94. The summed E-state index contributed by atoms with van der Waals surface area (Å²) in [5.41, 5.74) is 1.46. The first-order valence-corrected chi connectivity index (χ1v) is 9.56. The molecule has 0 heterocycles. The van der Waals surface area contributed by atoms with Gasteiger partial charge in [-0.05, 0) is 33.2 Å². The molecule has 0 N–H and O–H groups in total. The van der Waals surface area contributed by atoms with Crippen molar-refractivity contribution in [1.29, 1.82) is 0 Å². The maximum Gasteiger partial charge on any atom is 0.0301 e. The summed E-state index contributed by atoms with van der Waals surface area (Å²) >= 11 is 0. The number of hydrogen-bond donors (Lipinski definition) is 0. The molecule has 0 bridgehead atoms. The molecule has 0 aromatic heterocycles. The molecule has 3 aromatic rings. The van der Waals surface area contributed by atoms with Crippen molar-refractivity contribution < 1.29 is 0 Å². The van der Waals surface area contributed by atoms with Gasteiger partial charge in [0.2, 0.25) is 0 Å². The zero-order valence-corrected chi connectivity index (χ0v) is 14.4. The zero-order chi connectivity index (χ0) is 14.9. The van der Waals surface area contributed by atoms with Gasteiger partial charge in [-0.25, -0.2) is 0 Å². The highest BCUT2D eigenvalue weighted by Gasteiger charge is 2.13. The molecule has 21 heavy (non-hydrogen) atoms. The molecule has 0 spiro atoms. The van der Waals surface area contributed by atoms with E-state index in [1.54, 1.807) is 0 Å². The molecule has 0 unspecified atom stereocenters. The fourth-order valence-corrected chi connectivity index (χ4v) is 4.96. The first-order valence-electron chi connectivity index (χ1n) is 7.25. The van der Waals surface area contributed by atoms with Crippen LogP contribution >= 0.6 is 21.6 Å². The predicted molar refractivity (Wildman–Crippen MR) is 100 cm³/mol. The third kappa shape index (κ3) is 3.38. The highest BCUT2D eigenvalue weighted by Crippen LogP contribution is 2.40. The van der Waals surface area contributed by atoms with Crippen molar-refractivity contribution >= 4 is 43.1 Å². The van der Waals surface area contributed by atoms with Crippen molar-refractivity contribution in [1.82, 2.24) is 0 Å². The van der Waals surface area contributed by atoms with Crippen LogP contribution in [0.3, 0.4) is 0 Å². The van der Waals surface area contributed by atoms with Gasteiger partial charge in [0.25, 0.3) is 0 Å². The van der Waals surface area contributed by atoms with Gasteiger partial charge in [-0.1, -0.05) is 90.9 Å². The van der Waals surface area contributed by atoms with Crippen molar-refractivity contribution in [2.24, 2.45) is 0 Å². The van der Waals surface area contributed by atoms with Gasteiger partial charge in [0.1, 0.15) is 0 Å². The maximum absolute atomic E-state index is 2.30. The molecule has 0 nitrogen and oxygen atoms in total. The van der Waals surface area contributed by atoms with Crippen LogP contribution < -0.4 is 0 Å². The van der Waals surface area contributed by atoms with E-state index in [2.05, 4.69) is 75.4 Å². The third-order valence-electron chi connectivity index (χ3n) is 3.40. The van der Waals surface area contributed by atoms with Gasteiger partial charge in [0.05, 0.1) is 0 Å². The van der Waals surface area contributed by atoms with Gasteiger partial charge in [0, 0.05) is 10.5 Å². The lowest BCUT2D eigenvalue weighted by Gasteiger charge is -2.17. The summed E-state index contributed by atoms with van der Waals surface area (Å²) in [5.74, 6) is 1.05. The van der Waals surface area contributed by atoms with Crippen molar-refractivity contribution in [2.75, 3.05) is 0 Å². The van der Waals surface area contributed by atoms with Crippen molar-refractivity contribution in [3.63, 3.8) is 0 Å². The molecule has 0 atom stereocenters. The van der Waals surface area contributed by atoms with Gasteiger partial charge in [-0.2, -0.15) is 0 Å². The van der Waals surface area contributed by atoms with E-state index in [4.69, 9.17) is 0 Å². The minimum atomic E-state index is 0.297. The van der Waals surface area contributed by atoms with E-state index in [-0.39, 0.29) is 0 Å². The van der Waals surface area contributed by atoms with Crippen LogP contribution in [0.25, 0.3) is 21.5 Å². The number of fused-ring (bicyclic) bond motifs is 2. The fourth-order valence-electron chi connectivity index (χ4n) is 2.53. The van der Waals surface area contributed by atoms with Gasteiger partial charge in [-0.3, -0.25) is 0 Å².